The molecule has 0 radical (unpaired) electrons. The van der Waals surface area contributed by atoms with E-state index < -0.39 is 0 Å². The van der Waals surface area contributed by atoms with Gasteiger partial charge in [0.25, 0.3) is 0 Å². The van der Waals surface area contributed by atoms with Gasteiger partial charge in [0, 0.05) is 44.0 Å². The second-order valence-electron chi connectivity index (χ2n) is 5.34. The molecule has 128 valence electrons. The van der Waals surface area contributed by atoms with Crippen molar-refractivity contribution in [3.8, 4) is 0 Å². The Balaban J connectivity index is 0.00000441. The van der Waals surface area contributed by atoms with Crippen LogP contribution in [0.25, 0.3) is 0 Å². The quantitative estimate of drug-likeness (QED) is 0.371. The normalized spacial score (nSPS) is 12.9. The molecule has 0 amide bonds. The molecule has 7 heteroatoms. The fourth-order valence-corrected chi connectivity index (χ4v) is 2.70. The van der Waals surface area contributed by atoms with Crippen LogP contribution >= 0.6 is 35.3 Å². The number of nitrogens with one attached hydrogen (secondary N) is 2. The lowest BCUT2D eigenvalue weighted by Gasteiger charge is -2.16. The van der Waals surface area contributed by atoms with Crippen LogP contribution in [0.1, 0.15) is 44.3 Å². The summed E-state index contributed by atoms with van der Waals surface area (Å²) < 4.78 is 5.13. The van der Waals surface area contributed by atoms with Crippen LogP contribution < -0.4 is 10.6 Å². The van der Waals surface area contributed by atoms with Gasteiger partial charge in [-0.2, -0.15) is 0 Å². The summed E-state index contributed by atoms with van der Waals surface area (Å²) in [5.74, 6) is 1.34. The molecule has 1 heterocycles. The number of aliphatic imine (C=N–C) groups is 1. The van der Waals surface area contributed by atoms with Gasteiger partial charge in [-0.15, -0.1) is 35.3 Å². The van der Waals surface area contributed by atoms with E-state index in [2.05, 4.69) is 53.7 Å². The van der Waals surface area contributed by atoms with Crippen LogP contribution in [-0.2, 0) is 11.2 Å². The van der Waals surface area contributed by atoms with Gasteiger partial charge in [0.05, 0.1) is 17.3 Å². The first kappa shape index (κ1) is 21.6. The number of methoxy groups -OCH3 is 1. The summed E-state index contributed by atoms with van der Waals surface area (Å²) in [7, 11) is 1.71. The summed E-state index contributed by atoms with van der Waals surface area (Å²) in [4.78, 5) is 9.22. The second kappa shape index (κ2) is 12.1. The van der Waals surface area contributed by atoms with Crippen molar-refractivity contribution in [1.29, 1.82) is 0 Å². The van der Waals surface area contributed by atoms with Crippen LogP contribution in [0.15, 0.2) is 10.4 Å². The van der Waals surface area contributed by atoms with Gasteiger partial charge in [-0.25, -0.2) is 4.98 Å². The fraction of sp³-hybridized carbons (Fsp3) is 0.733. The molecular formula is C15H29IN4OS. The largest absolute Gasteiger partial charge is 0.383 e. The third-order valence-corrected chi connectivity index (χ3v) is 4.04. The molecule has 0 aliphatic rings. The molecule has 0 bridgehead atoms. The topological polar surface area (TPSA) is 58.5 Å². The number of hydrogen-bond donors (Lipinski definition) is 2. The predicted octanol–water partition coefficient (Wildman–Crippen LogP) is 3.02. The van der Waals surface area contributed by atoms with Gasteiger partial charge >= 0.3 is 0 Å². The van der Waals surface area contributed by atoms with Crippen LogP contribution in [0, 0.1) is 0 Å². The summed E-state index contributed by atoms with van der Waals surface area (Å²) in [5.41, 5.74) is 1.13. The Morgan fingerprint density at radius 3 is 2.68 bits per heavy atom. The summed E-state index contributed by atoms with van der Waals surface area (Å²) in [6, 6.07) is 0.236. The lowest BCUT2D eigenvalue weighted by atomic mass is 10.2. The van der Waals surface area contributed by atoms with Crippen LogP contribution in [0.4, 0.5) is 0 Å². The maximum absolute atomic E-state index is 5.13. The molecule has 1 aromatic heterocycles. The van der Waals surface area contributed by atoms with E-state index in [0.717, 1.165) is 31.2 Å². The Labute approximate surface area is 155 Å². The zero-order chi connectivity index (χ0) is 15.7. The highest BCUT2D eigenvalue weighted by Crippen LogP contribution is 2.19. The van der Waals surface area contributed by atoms with E-state index in [4.69, 9.17) is 4.74 Å². The van der Waals surface area contributed by atoms with Crippen molar-refractivity contribution < 1.29 is 4.74 Å². The standard InChI is InChI=1S/C15H28N4OS.HI/c1-6-16-15(18-12(4)9-20-5)17-8-7-13-10-21-14(19-13)11(2)3;/h10-12H,6-9H2,1-5H3,(H2,16,17,18);1H. The molecule has 5 nitrogen and oxygen atoms in total. The molecular weight excluding hydrogens is 411 g/mol. The minimum Gasteiger partial charge on any atom is -0.383 e. The Bertz CT molecular complexity index is 437. The van der Waals surface area contributed by atoms with E-state index >= 15 is 0 Å². The van der Waals surface area contributed by atoms with Crippen molar-refractivity contribution >= 4 is 41.3 Å². The fourth-order valence-electron chi connectivity index (χ4n) is 1.83. The van der Waals surface area contributed by atoms with Gasteiger partial charge < -0.3 is 15.4 Å². The van der Waals surface area contributed by atoms with Crippen LogP contribution in [-0.4, -0.2) is 43.8 Å². The van der Waals surface area contributed by atoms with E-state index in [1.165, 1.54) is 5.01 Å². The third-order valence-electron chi connectivity index (χ3n) is 2.85. The minimum atomic E-state index is 0. The highest BCUT2D eigenvalue weighted by Gasteiger charge is 2.06. The van der Waals surface area contributed by atoms with E-state index in [1.807, 2.05) is 0 Å². The highest BCUT2D eigenvalue weighted by atomic mass is 127. The summed E-state index contributed by atoms with van der Waals surface area (Å²) in [6.07, 6.45) is 0.873. The lowest BCUT2D eigenvalue weighted by molar-refractivity contribution is 0.179. The maximum Gasteiger partial charge on any atom is 0.191 e. The van der Waals surface area contributed by atoms with Crippen molar-refractivity contribution in [3.63, 3.8) is 0 Å². The molecule has 1 unspecified atom stereocenters. The summed E-state index contributed by atoms with van der Waals surface area (Å²) >= 11 is 1.74. The molecule has 22 heavy (non-hydrogen) atoms. The van der Waals surface area contributed by atoms with Gasteiger partial charge in [0.1, 0.15) is 0 Å². The number of rotatable bonds is 8. The number of guanidine groups is 1. The Morgan fingerprint density at radius 1 is 1.41 bits per heavy atom. The minimum absolute atomic E-state index is 0. The van der Waals surface area contributed by atoms with E-state index in [9.17, 15) is 0 Å². The average molecular weight is 440 g/mol. The molecule has 1 atom stereocenters. The number of nitrogens with zero attached hydrogens (tertiary/aromatic N) is 2. The predicted molar refractivity (Wildman–Crippen MR) is 106 cm³/mol. The van der Waals surface area contributed by atoms with Gasteiger partial charge in [-0.3, -0.25) is 4.99 Å². The first-order chi connectivity index (χ1) is 10.1. The molecule has 0 spiro atoms. The third kappa shape index (κ3) is 8.28. The maximum atomic E-state index is 5.13. The first-order valence-corrected chi connectivity index (χ1v) is 8.42. The zero-order valence-corrected chi connectivity index (χ0v) is 17.3. The van der Waals surface area contributed by atoms with Crippen molar-refractivity contribution in [1.82, 2.24) is 15.6 Å². The van der Waals surface area contributed by atoms with E-state index in [-0.39, 0.29) is 30.0 Å². The number of hydrogen-bond acceptors (Lipinski definition) is 4. The lowest BCUT2D eigenvalue weighted by Crippen LogP contribution is -2.44. The number of aromatic nitrogens is 1. The van der Waals surface area contributed by atoms with Crippen LogP contribution in [0.3, 0.4) is 0 Å². The second-order valence-corrected chi connectivity index (χ2v) is 6.23. The van der Waals surface area contributed by atoms with Crippen LogP contribution in [0.2, 0.25) is 0 Å². The van der Waals surface area contributed by atoms with Gasteiger partial charge in [0.15, 0.2) is 5.96 Å². The zero-order valence-electron chi connectivity index (χ0n) is 14.2. The molecule has 0 aliphatic heterocycles. The van der Waals surface area contributed by atoms with Gasteiger partial charge in [-0.1, -0.05) is 13.8 Å². The summed E-state index contributed by atoms with van der Waals surface area (Å²) in [6.45, 7) is 10.7. The average Bonchev–Trinajstić information content (AvgIpc) is 2.88. The van der Waals surface area contributed by atoms with Crippen molar-refractivity contribution in [2.45, 2.75) is 46.1 Å². The van der Waals surface area contributed by atoms with Gasteiger partial charge in [0.2, 0.25) is 0 Å². The Morgan fingerprint density at radius 2 is 2.14 bits per heavy atom. The number of halogens is 1. The van der Waals surface area contributed by atoms with Crippen LogP contribution in [0.5, 0.6) is 0 Å². The molecule has 1 rings (SSSR count). The number of thiazole rings is 1. The molecule has 0 saturated heterocycles. The van der Waals surface area contributed by atoms with E-state index in [1.54, 1.807) is 18.4 Å². The SMILES string of the molecule is CCNC(=NCCc1csc(C(C)C)n1)NC(C)COC.I. The monoisotopic (exact) mass is 440 g/mol. The summed E-state index contributed by atoms with van der Waals surface area (Å²) in [5, 5.41) is 9.91. The highest BCUT2D eigenvalue weighted by molar-refractivity contribution is 14.0. The van der Waals surface area contributed by atoms with Crippen molar-refractivity contribution in [2.24, 2.45) is 4.99 Å². The molecule has 1 aromatic rings. The first-order valence-electron chi connectivity index (χ1n) is 7.54. The Kier molecular flexibility index (Phi) is 11.8. The molecule has 0 aromatic carbocycles. The van der Waals surface area contributed by atoms with Crippen molar-refractivity contribution in [2.75, 3.05) is 26.8 Å². The molecule has 2 N–H and O–H groups in total. The van der Waals surface area contributed by atoms with Crippen molar-refractivity contribution in [3.05, 3.63) is 16.1 Å². The number of ether oxygens (including phenoxy) is 1. The van der Waals surface area contributed by atoms with Gasteiger partial charge in [-0.05, 0) is 13.8 Å². The molecule has 0 saturated carbocycles. The molecule has 0 fully saturated rings. The molecule has 0 aliphatic carbocycles. The smallest absolute Gasteiger partial charge is 0.191 e. The Hall–Kier alpha value is -0.410. The van der Waals surface area contributed by atoms with E-state index in [0.29, 0.717) is 12.5 Å².